The molecule has 0 N–H and O–H groups in total. The van der Waals surface area contributed by atoms with E-state index in [1.165, 1.54) is 5.52 Å². The summed E-state index contributed by atoms with van der Waals surface area (Å²) < 4.78 is 2.39. The first-order chi connectivity index (χ1) is 8.66. The summed E-state index contributed by atoms with van der Waals surface area (Å²) in [6.45, 7) is 6.78. The van der Waals surface area contributed by atoms with Gasteiger partial charge in [0, 0.05) is 17.8 Å². The molecule has 0 spiro atoms. The van der Waals surface area contributed by atoms with Crippen LogP contribution in [-0.4, -0.2) is 15.4 Å². The van der Waals surface area contributed by atoms with Crippen LogP contribution < -0.4 is 0 Å². The summed E-state index contributed by atoms with van der Waals surface area (Å²) in [4.78, 5) is 4.74. The van der Waals surface area contributed by atoms with Crippen LogP contribution in [0.1, 0.15) is 39.4 Å². The number of aromatic nitrogens is 2. The zero-order valence-corrected chi connectivity index (χ0v) is 12.2. The van der Waals surface area contributed by atoms with E-state index in [1.807, 2.05) is 6.07 Å². The van der Waals surface area contributed by atoms with E-state index in [9.17, 15) is 0 Å². The van der Waals surface area contributed by atoms with Crippen molar-refractivity contribution < 1.29 is 0 Å². The molecule has 2 rings (SSSR count). The van der Waals surface area contributed by atoms with Gasteiger partial charge < -0.3 is 4.57 Å². The van der Waals surface area contributed by atoms with E-state index in [1.54, 1.807) is 0 Å². The van der Waals surface area contributed by atoms with Gasteiger partial charge in [-0.15, -0.1) is 11.6 Å². The topological polar surface area (TPSA) is 17.8 Å². The van der Waals surface area contributed by atoms with E-state index in [0.717, 1.165) is 30.6 Å². The SMILES string of the molecule is CCC(C)(CC)n1c(CCCl)nc2ccccc21. The van der Waals surface area contributed by atoms with Crippen LogP contribution >= 0.6 is 11.6 Å². The molecule has 0 radical (unpaired) electrons. The third-order valence-electron chi connectivity index (χ3n) is 4.01. The van der Waals surface area contributed by atoms with Gasteiger partial charge in [0.05, 0.1) is 11.0 Å². The van der Waals surface area contributed by atoms with Crippen LogP contribution in [0.15, 0.2) is 24.3 Å². The summed E-state index contributed by atoms with van der Waals surface area (Å²) in [6, 6.07) is 8.36. The Morgan fingerprint density at radius 3 is 2.50 bits per heavy atom. The fourth-order valence-electron chi connectivity index (χ4n) is 2.50. The Bertz CT molecular complexity index is 526. The number of alkyl halides is 1. The third kappa shape index (κ3) is 2.14. The Hall–Kier alpha value is -1.02. The van der Waals surface area contributed by atoms with Crippen LogP contribution in [0.3, 0.4) is 0 Å². The molecule has 3 heteroatoms. The van der Waals surface area contributed by atoms with Gasteiger partial charge in [-0.05, 0) is 31.9 Å². The molecule has 0 atom stereocenters. The molecule has 0 bridgehead atoms. The second kappa shape index (κ2) is 5.31. The average molecular weight is 265 g/mol. The summed E-state index contributed by atoms with van der Waals surface area (Å²) in [5.74, 6) is 1.73. The number of halogens is 1. The van der Waals surface area contributed by atoms with Crippen molar-refractivity contribution in [2.24, 2.45) is 0 Å². The van der Waals surface area contributed by atoms with Crippen molar-refractivity contribution in [2.75, 3.05) is 5.88 Å². The minimum Gasteiger partial charge on any atom is -0.322 e. The maximum absolute atomic E-state index is 5.92. The van der Waals surface area contributed by atoms with Gasteiger partial charge in [-0.1, -0.05) is 26.0 Å². The van der Waals surface area contributed by atoms with Gasteiger partial charge >= 0.3 is 0 Å². The molecule has 1 aromatic carbocycles. The predicted octanol–water partition coefficient (Wildman–Crippen LogP) is 4.35. The lowest BCUT2D eigenvalue weighted by Gasteiger charge is -2.31. The van der Waals surface area contributed by atoms with Crippen molar-refractivity contribution in [1.29, 1.82) is 0 Å². The summed E-state index contributed by atoms with van der Waals surface area (Å²) in [5.41, 5.74) is 2.42. The van der Waals surface area contributed by atoms with E-state index < -0.39 is 0 Å². The molecule has 0 amide bonds. The highest BCUT2D eigenvalue weighted by molar-refractivity contribution is 6.17. The van der Waals surface area contributed by atoms with Crippen LogP contribution in [0.2, 0.25) is 0 Å². The van der Waals surface area contributed by atoms with Crippen molar-refractivity contribution in [3.63, 3.8) is 0 Å². The fraction of sp³-hybridized carbons (Fsp3) is 0.533. The fourth-order valence-corrected chi connectivity index (χ4v) is 2.67. The second-order valence-electron chi connectivity index (χ2n) is 5.00. The monoisotopic (exact) mass is 264 g/mol. The number of para-hydroxylation sites is 2. The molecule has 0 aliphatic rings. The second-order valence-corrected chi connectivity index (χ2v) is 5.37. The van der Waals surface area contributed by atoms with Gasteiger partial charge in [-0.3, -0.25) is 0 Å². The molecular formula is C15H21ClN2. The average Bonchev–Trinajstić information content (AvgIpc) is 2.77. The van der Waals surface area contributed by atoms with E-state index >= 15 is 0 Å². The van der Waals surface area contributed by atoms with Crippen LogP contribution in [0.4, 0.5) is 0 Å². The molecule has 0 aliphatic carbocycles. The number of fused-ring (bicyclic) bond motifs is 1. The molecule has 18 heavy (non-hydrogen) atoms. The Labute approximate surface area is 114 Å². The van der Waals surface area contributed by atoms with Crippen molar-refractivity contribution in [1.82, 2.24) is 9.55 Å². The van der Waals surface area contributed by atoms with Crippen molar-refractivity contribution in [2.45, 2.75) is 45.6 Å². The lowest BCUT2D eigenvalue weighted by atomic mass is 9.94. The van der Waals surface area contributed by atoms with Gasteiger partial charge in [0.25, 0.3) is 0 Å². The standard InChI is InChI=1S/C15H21ClN2/c1-4-15(3,5-2)18-13-9-7-6-8-12(13)17-14(18)10-11-16/h6-9H,4-5,10-11H2,1-3H3. The zero-order valence-electron chi connectivity index (χ0n) is 11.4. The smallest absolute Gasteiger partial charge is 0.111 e. The number of benzene rings is 1. The molecule has 0 aliphatic heterocycles. The highest BCUT2D eigenvalue weighted by atomic mass is 35.5. The molecule has 0 saturated heterocycles. The Morgan fingerprint density at radius 1 is 1.22 bits per heavy atom. The lowest BCUT2D eigenvalue weighted by Crippen LogP contribution is -2.30. The first kappa shape index (κ1) is 13.4. The Kier molecular flexibility index (Phi) is 3.96. The third-order valence-corrected chi connectivity index (χ3v) is 4.20. The van der Waals surface area contributed by atoms with Gasteiger partial charge in [0.2, 0.25) is 0 Å². The van der Waals surface area contributed by atoms with E-state index in [4.69, 9.17) is 16.6 Å². The molecule has 2 aromatic rings. The quantitative estimate of drug-likeness (QED) is 0.734. The Morgan fingerprint density at radius 2 is 1.89 bits per heavy atom. The van der Waals surface area contributed by atoms with Gasteiger partial charge in [-0.2, -0.15) is 0 Å². The van der Waals surface area contributed by atoms with Gasteiger partial charge in [0.1, 0.15) is 5.82 Å². The normalized spacial score (nSPS) is 12.2. The van der Waals surface area contributed by atoms with Crippen LogP contribution in [-0.2, 0) is 12.0 Å². The van der Waals surface area contributed by atoms with Crippen LogP contribution in [0.5, 0.6) is 0 Å². The van der Waals surface area contributed by atoms with Gasteiger partial charge in [0.15, 0.2) is 0 Å². The van der Waals surface area contributed by atoms with Crippen molar-refractivity contribution in [3.05, 3.63) is 30.1 Å². The van der Waals surface area contributed by atoms with Crippen molar-refractivity contribution >= 4 is 22.6 Å². The number of nitrogens with zero attached hydrogens (tertiary/aromatic N) is 2. The first-order valence-electron chi connectivity index (χ1n) is 6.69. The molecule has 1 heterocycles. The predicted molar refractivity (Wildman–Crippen MR) is 78.4 cm³/mol. The van der Waals surface area contributed by atoms with E-state index in [2.05, 4.69) is 43.5 Å². The number of aryl methyl sites for hydroxylation is 1. The largest absolute Gasteiger partial charge is 0.322 e. The highest BCUT2D eigenvalue weighted by Gasteiger charge is 2.26. The summed E-state index contributed by atoms with van der Waals surface area (Å²) in [5, 5.41) is 0. The van der Waals surface area contributed by atoms with E-state index in [0.29, 0.717) is 5.88 Å². The van der Waals surface area contributed by atoms with E-state index in [-0.39, 0.29) is 5.54 Å². The highest BCUT2D eigenvalue weighted by Crippen LogP contribution is 2.31. The van der Waals surface area contributed by atoms with Crippen molar-refractivity contribution in [3.8, 4) is 0 Å². The Balaban J connectivity index is 2.68. The molecular weight excluding hydrogens is 244 g/mol. The lowest BCUT2D eigenvalue weighted by molar-refractivity contribution is 0.294. The molecule has 98 valence electrons. The molecule has 2 nitrogen and oxygen atoms in total. The number of hydrogen-bond acceptors (Lipinski definition) is 1. The van der Waals surface area contributed by atoms with Gasteiger partial charge in [-0.25, -0.2) is 4.98 Å². The summed E-state index contributed by atoms with van der Waals surface area (Å²) >= 11 is 5.92. The summed E-state index contributed by atoms with van der Waals surface area (Å²) in [7, 11) is 0. The zero-order chi connectivity index (χ0) is 13.2. The summed E-state index contributed by atoms with van der Waals surface area (Å²) in [6.07, 6.45) is 3.02. The minimum atomic E-state index is 0.123. The van der Waals surface area contributed by atoms with Crippen LogP contribution in [0, 0.1) is 0 Å². The molecule has 1 aromatic heterocycles. The minimum absolute atomic E-state index is 0.123. The molecule has 0 fully saturated rings. The molecule has 0 saturated carbocycles. The van der Waals surface area contributed by atoms with Crippen LogP contribution in [0.25, 0.3) is 11.0 Å². The number of rotatable bonds is 5. The maximum atomic E-state index is 5.92. The first-order valence-corrected chi connectivity index (χ1v) is 7.22. The molecule has 0 unspecified atom stereocenters. The number of imidazole rings is 1. The maximum Gasteiger partial charge on any atom is 0.111 e. The number of hydrogen-bond donors (Lipinski definition) is 0.